The molecule has 2 aromatic rings. The highest BCUT2D eigenvalue weighted by Gasteiger charge is 2.28. The Labute approximate surface area is 137 Å². The van der Waals surface area contributed by atoms with Crippen molar-refractivity contribution in [1.29, 1.82) is 0 Å². The molecule has 0 aliphatic carbocycles. The molecule has 2 heterocycles. The van der Waals surface area contributed by atoms with Crippen LogP contribution in [-0.4, -0.2) is 34.5 Å². The first-order chi connectivity index (χ1) is 10.8. The van der Waals surface area contributed by atoms with Gasteiger partial charge in [0.2, 0.25) is 5.89 Å². The number of piperidine rings is 1. The summed E-state index contributed by atoms with van der Waals surface area (Å²) in [5, 5.41) is 0.643. The second-order valence-corrected chi connectivity index (χ2v) is 7.26. The molecule has 2 atom stereocenters. The van der Waals surface area contributed by atoms with Crippen molar-refractivity contribution in [3.63, 3.8) is 0 Å². The number of rotatable bonds is 5. The van der Waals surface area contributed by atoms with Gasteiger partial charge in [-0.1, -0.05) is 43.7 Å². The maximum Gasteiger partial charge on any atom is 0.212 e. The van der Waals surface area contributed by atoms with E-state index < -0.39 is 0 Å². The average molecular weight is 316 g/mol. The molecule has 1 aromatic heterocycles. The molecule has 0 N–H and O–H groups in total. The first-order valence-corrected chi connectivity index (χ1v) is 9.34. The van der Waals surface area contributed by atoms with Crippen LogP contribution in [0, 0.1) is 0 Å². The standard InChI is InChI=1S/C18H24N2OS/c1-14(22-2)13-20-11-7-6-10-16(20)18-19-12-17(21-18)15-8-4-3-5-9-15/h3-5,8-9,12,14,16H,6-7,10-11,13H2,1-2H3. The highest BCUT2D eigenvalue weighted by atomic mass is 32.2. The fourth-order valence-electron chi connectivity index (χ4n) is 3.07. The van der Waals surface area contributed by atoms with Gasteiger partial charge < -0.3 is 4.42 Å². The van der Waals surface area contributed by atoms with E-state index in [1.807, 2.05) is 36.2 Å². The average Bonchev–Trinajstić information content (AvgIpc) is 3.06. The van der Waals surface area contributed by atoms with E-state index in [2.05, 4.69) is 35.2 Å². The van der Waals surface area contributed by atoms with Gasteiger partial charge in [0.15, 0.2) is 5.76 Å². The molecule has 0 spiro atoms. The van der Waals surface area contributed by atoms with Crippen LogP contribution in [0.5, 0.6) is 0 Å². The zero-order valence-electron chi connectivity index (χ0n) is 13.4. The van der Waals surface area contributed by atoms with E-state index in [1.165, 1.54) is 12.8 Å². The van der Waals surface area contributed by atoms with Crippen LogP contribution < -0.4 is 0 Å². The Balaban J connectivity index is 1.78. The number of oxazole rings is 1. The number of likely N-dealkylation sites (tertiary alicyclic amines) is 1. The highest BCUT2D eigenvalue weighted by Crippen LogP contribution is 2.33. The Morgan fingerprint density at radius 2 is 2.14 bits per heavy atom. The van der Waals surface area contributed by atoms with Crippen molar-refractivity contribution in [2.24, 2.45) is 0 Å². The van der Waals surface area contributed by atoms with E-state index in [-0.39, 0.29) is 0 Å². The van der Waals surface area contributed by atoms with Crippen molar-refractivity contribution in [1.82, 2.24) is 9.88 Å². The summed E-state index contributed by atoms with van der Waals surface area (Å²) in [6, 6.07) is 10.6. The molecule has 22 heavy (non-hydrogen) atoms. The highest BCUT2D eigenvalue weighted by molar-refractivity contribution is 7.99. The van der Waals surface area contributed by atoms with Crippen LogP contribution in [0.2, 0.25) is 0 Å². The summed E-state index contributed by atoms with van der Waals surface area (Å²) in [5.74, 6) is 1.76. The van der Waals surface area contributed by atoms with Crippen LogP contribution in [0.1, 0.15) is 38.1 Å². The normalized spacial score (nSPS) is 20.9. The van der Waals surface area contributed by atoms with Crippen LogP contribution in [0.15, 0.2) is 40.9 Å². The summed E-state index contributed by atoms with van der Waals surface area (Å²) in [4.78, 5) is 7.13. The van der Waals surface area contributed by atoms with Crippen molar-refractivity contribution in [2.75, 3.05) is 19.3 Å². The van der Waals surface area contributed by atoms with Gasteiger partial charge in [0.05, 0.1) is 12.2 Å². The molecule has 3 nitrogen and oxygen atoms in total. The van der Waals surface area contributed by atoms with Crippen LogP contribution in [0.25, 0.3) is 11.3 Å². The molecule has 0 radical (unpaired) electrons. The lowest BCUT2D eigenvalue weighted by Gasteiger charge is -2.35. The Hall–Kier alpha value is -1.26. The fraction of sp³-hybridized carbons (Fsp3) is 0.500. The van der Waals surface area contributed by atoms with Crippen molar-refractivity contribution in [2.45, 2.75) is 37.5 Å². The Morgan fingerprint density at radius 3 is 2.91 bits per heavy atom. The molecule has 1 aliphatic heterocycles. The van der Waals surface area contributed by atoms with E-state index in [4.69, 9.17) is 4.42 Å². The molecule has 0 amide bonds. The van der Waals surface area contributed by atoms with Gasteiger partial charge in [-0.2, -0.15) is 11.8 Å². The zero-order valence-corrected chi connectivity index (χ0v) is 14.2. The molecule has 0 bridgehead atoms. The first-order valence-electron chi connectivity index (χ1n) is 8.06. The molecule has 0 saturated carbocycles. The summed E-state index contributed by atoms with van der Waals surface area (Å²) in [7, 11) is 0. The van der Waals surface area contributed by atoms with Crippen molar-refractivity contribution in [3.05, 3.63) is 42.4 Å². The monoisotopic (exact) mass is 316 g/mol. The SMILES string of the molecule is CSC(C)CN1CCCCC1c1ncc(-c2ccccc2)o1. The van der Waals surface area contributed by atoms with Crippen molar-refractivity contribution >= 4 is 11.8 Å². The first kappa shape index (κ1) is 15.6. The minimum Gasteiger partial charge on any atom is -0.439 e. The van der Waals surface area contributed by atoms with Crippen LogP contribution in [0.3, 0.4) is 0 Å². The zero-order chi connectivity index (χ0) is 15.4. The number of nitrogens with zero attached hydrogens (tertiary/aromatic N) is 2. The van der Waals surface area contributed by atoms with E-state index in [1.54, 1.807) is 0 Å². The Morgan fingerprint density at radius 1 is 1.32 bits per heavy atom. The maximum atomic E-state index is 6.10. The quantitative estimate of drug-likeness (QED) is 0.805. The number of benzene rings is 1. The molecule has 3 rings (SSSR count). The summed E-state index contributed by atoms with van der Waals surface area (Å²) >= 11 is 1.93. The maximum absolute atomic E-state index is 6.10. The topological polar surface area (TPSA) is 29.3 Å². The fourth-order valence-corrected chi connectivity index (χ4v) is 3.41. The number of thioether (sulfide) groups is 1. The van der Waals surface area contributed by atoms with Gasteiger partial charge in [-0.25, -0.2) is 4.98 Å². The van der Waals surface area contributed by atoms with Gasteiger partial charge in [0.25, 0.3) is 0 Å². The lowest BCUT2D eigenvalue weighted by atomic mass is 10.0. The molecule has 1 saturated heterocycles. The lowest BCUT2D eigenvalue weighted by molar-refractivity contribution is 0.128. The van der Waals surface area contributed by atoms with E-state index in [0.717, 1.165) is 36.7 Å². The van der Waals surface area contributed by atoms with Gasteiger partial charge in [0.1, 0.15) is 0 Å². The van der Waals surface area contributed by atoms with Gasteiger partial charge in [-0.3, -0.25) is 4.90 Å². The predicted molar refractivity (Wildman–Crippen MR) is 93.1 cm³/mol. The molecule has 118 valence electrons. The van der Waals surface area contributed by atoms with Crippen molar-refractivity contribution < 1.29 is 4.42 Å². The Bertz CT molecular complexity index is 584. The summed E-state index contributed by atoms with van der Waals surface area (Å²) < 4.78 is 6.10. The Kier molecular flexibility index (Phi) is 5.21. The molecular formula is C18H24N2OS. The third kappa shape index (κ3) is 3.55. The third-order valence-electron chi connectivity index (χ3n) is 4.37. The number of aromatic nitrogens is 1. The van der Waals surface area contributed by atoms with E-state index >= 15 is 0 Å². The van der Waals surface area contributed by atoms with Gasteiger partial charge >= 0.3 is 0 Å². The molecule has 1 aliphatic rings. The summed E-state index contributed by atoms with van der Waals surface area (Å²) in [6.45, 7) is 4.55. The van der Waals surface area contributed by atoms with Crippen LogP contribution in [-0.2, 0) is 0 Å². The van der Waals surface area contributed by atoms with E-state index in [9.17, 15) is 0 Å². The summed E-state index contributed by atoms with van der Waals surface area (Å²) in [5.41, 5.74) is 1.10. The largest absolute Gasteiger partial charge is 0.439 e. The lowest BCUT2D eigenvalue weighted by Crippen LogP contribution is -2.37. The minimum atomic E-state index is 0.334. The minimum absolute atomic E-state index is 0.334. The molecule has 4 heteroatoms. The smallest absolute Gasteiger partial charge is 0.212 e. The van der Waals surface area contributed by atoms with Crippen LogP contribution in [0.4, 0.5) is 0 Å². The van der Waals surface area contributed by atoms with Crippen LogP contribution >= 0.6 is 11.8 Å². The second kappa shape index (κ2) is 7.34. The number of hydrogen-bond donors (Lipinski definition) is 0. The van der Waals surface area contributed by atoms with Gasteiger partial charge in [-0.05, 0) is 25.6 Å². The van der Waals surface area contributed by atoms with Gasteiger partial charge in [0, 0.05) is 17.4 Å². The van der Waals surface area contributed by atoms with E-state index in [0.29, 0.717) is 11.3 Å². The molecule has 2 unspecified atom stereocenters. The van der Waals surface area contributed by atoms with Gasteiger partial charge in [-0.15, -0.1) is 0 Å². The molecular weight excluding hydrogens is 292 g/mol. The molecule has 1 fully saturated rings. The second-order valence-electron chi connectivity index (χ2n) is 5.98. The molecule has 1 aromatic carbocycles. The van der Waals surface area contributed by atoms with Crippen molar-refractivity contribution in [3.8, 4) is 11.3 Å². The third-order valence-corrected chi connectivity index (χ3v) is 5.33. The number of hydrogen-bond acceptors (Lipinski definition) is 4. The predicted octanol–water partition coefficient (Wildman–Crippen LogP) is 4.62. The summed E-state index contributed by atoms with van der Waals surface area (Å²) in [6.07, 6.45) is 7.75.